The van der Waals surface area contributed by atoms with Gasteiger partial charge in [-0.05, 0) is 48.0 Å². The number of hydrogen-bond donors (Lipinski definition) is 0. The standard InChI is InChI=1S/C31H34N2P2/c1-24(2)34(25(3)4)23-27-15-13-14-26(33-27)22-32-30-20-11-12-21-31(30)35(28-16-7-5-8-17-28)29-18-9-6-10-19-29/h5-22,24-25H,23H2,1-4H3/b32-22+. The van der Waals surface area contributed by atoms with Crippen LogP contribution in [0.5, 0.6) is 0 Å². The van der Waals surface area contributed by atoms with Crippen LogP contribution >= 0.6 is 15.8 Å². The third-order valence-corrected chi connectivity index (χ3v) is 11.8. The number of rotatable bonds is 9. The van der Waals surface area contributed by atoms with Crippen molar-refractivity contribution in [2.75, 3.05) is 0 Å². The smallest absolute Gasteiger partial charge is 0.0816 e. The highest BCUT2D eigenvalue weighted by atomic mass is 31.1. The minimum Gasteiger partial charge on any atom is -0.254 e. The summed E-state index contributed by atoms with van der Waals surface area (Å²) in [7, 11) is -0.802. The molecule has 4 rings (SSSR count). The van der Waals surface area contributed by atoms with Gasteiger partial charge in [0.2, 0.25) is 0 Å². The molecule has 0 aliphatic carbocycles. The first kappa shape index (κ1) is 25.4. The van der Waals surface area contributed by atoms with Gasteiger partial charge in [0.1, 0.15) is 0 Å². The zero-order valence-electron chi connectivity index (χ0n) is 21.0. The van der Waals surface area contributed by atoms with Crippen LogP contribution < -0.4 is 15.9 Å². The largest absolute Gasteiger partial charge is 0.254 e. The predicted molar refractivity (Wildman–Crippen MR) is 158 cm³/mol. The van der Waals surface area contributed by atoms with Gasteiger partial charge in [0.25, 0.3) is 0 Å². The minimum absolute atomic E-state index is 0.0902. The second kappa shape index (κ2) is 12.3. The van der Waals surface area contributed by atoms with Crippen molar-refractivity contribution in [3.63, 3.8) is 0 Å². The van der Waals surface area contributed by atoms with E-state index in [4.69, 9.17) is 9.98 Å². The van der Waals surface area contributed by atoms with Gasteiger partial charge in [-0.2, -0.15) is 0 Å². The second-order valence-corrected chi connectivity index (χ2v) is 14.8. The second-order valence-electron chi connectivity index (χ2n) is 9.17. The molecule has 0 unspecified atom stereocenters. The molecule has 1 aromatic heterocycles. The zero-order chi connectivity index (χ0) is 24.6. The van der Waals surface area contributed by atoms with E-state index in [1.165, 1.54) is 21.6 Å². The summed E-state index contributed by atoms with van der Waals surface area (Å²) >= 11 is 0. The fourth-order valence-electron chi connectivity index (χ4n) is 4.29. The van der Waals surface area contributed by atoms with Crippen molar-refractivity contribution >= 4 is 43.7 Å². The fraction of sp³-hybridized carbons (Fsp3) is 0.226. The highest BCUT2D eigenvalue weighted by molar-refractivity contribution is 7.80. The summed E-state index contributed by atoms with van der Waals surface area (Å²) in [5.41, 5.74) is 4.50. The molecule has 178 valence electrons. The van der Waals surface area contributed by atoms with Crippen molar-refractivity contribution in [3.8, 4) is 0 Å². The predicted octanol–water partition coefficient (Wildman–Crippen LogP) is 7.39. The van der Waals surface area contributed by atoms with Crippen LogP contribution in [0.1, 0.15) is 39.1 Å². The molecule has 4 aromatic rings. The fourth-order valence-corrected chi connectivity index (χ4v) is 9.15. The van der Waals surface area contributed by atoms with Gasteiger partial charge in [-0.15, -0.1) is 0 Å². The van der Waals surface area contributed by atoms with Crippen molar-refractivity contribution < 1.29 is 0 Å². The number of aromatic nitrogens is 1. The van der Waals surface area contributed by atoms with Crippen LogP contribution in [-0.4, -0.2) is 22.5 Å². The molecule has 35 heavy (non-hydrogen) atoms. The SMILES string of the molecule is CC(C)P(Cc1cccc(/C=N/c2ccccc2P(c2ccccc2)c2ccccc2)n1)C(C)C. The number of benzene rings is 3. The lowest BCUT2D eigenvalue weighted by Gasteiger charge is -2.25. The van der Waals surface area contributed by atoms with Gasteiger partial charge in [-0.25, -0.2) is 0 Å². The first-order chi connectivity index (χ1) is 17.0. The van der Waals surface area contributed by atoms with E-state index >= 15 is 0 Å². The van der Waals surface area contributed by atoms with Crippen molar-refractivity contribution in [2.24, 2.45) is 4.99 Å². The number of hydrogen-bond acceptors (Lipinski definition) is 2. The van der Waals surface area contributed by atoms with Crippen LogP contribution in [0.25, 0.3) is 0 Å². The number of pyridine rings is 1. The lowest BCUT2D eigenvalue weighted by atomic mass is 10.3. The van der Waals surface area contributed by atoms with Gasteiger partial charge in [-0.1, -0.05) is 121 Å². The van der Waals surface area contributed by atoms with E-state index in [2.05, 4.69) is 131 Å². The maximum absolute atomic E-state index is 4.97. The molecule has 0 radical (unpaired) electrons. The number of nitrogens with zero attached hydrogens (tertiary/aromatic N) is 2. The molecule has 0 aliphatic rings. The lowest BCUT2D eigenvalue weighted by Crippen LogP contribution is -2.20. The summed E-state index contributed by atoms with van der Waals surface area (Å²) in [5, 5.41) is 3.91. The first-order valence-electron chi connectivity index (χ1n) is 12.3. The van der Waals surface area contributed by atoms with E-state index in [-0.39, 0.29) is 7.92 Å². The van der Waals surface area contributed by atoms with Crippen LogP contribution in [0.3, 0.4) is 0 Å². The Hall–Kier alpha value is -2.66. The number of para-hydroxylation sites is 1. The molecule has 4 heteroatoms. The first-order valence-corrected chi connectivity index (χ1v) is 15.3. The Bertz CT molecular complexity index is 1190. The van der Waals surface area contributed by atoms with E-state index < -0.39 is 7.92 Å². The summed E-state index contributed by atoms with van der Waals surface area (Å²) in [4.78, 5) is 9.93. The topological polar surface area (TPSA) is 25.2 Å². The Morgan fingerprint density at radius 3 is 1.86 bits per heavy atom. The van der Waals surface area contributed by atoms with Gasteiger partial charge in [0, 0.05) is 17.2 Å². The molecule has 0 N–H and O–H groups in total. The van der Waals surface area contributed by atoms with Crippen LogP contribution in [-0.2, 0) is 6.16 Å². The Labute approximate surface area is 213 Å². The van der Waals surface area contributed by atoms with E-state index in [1.54, 1.807) is 0 Å². The summed E-state index contributed by atoms with van der Waals surface area (Å²) in [5.74, 6) is 0. The van der Waals surface area contributed by atoms with E-state index in [9.17, 15) is 0 Å². The number of aliphatic imine (C=N–C) groups is 1. The Morgan fingerprint density at radius 1 is 0.686 bits per heavy atom. The lowest BCUT2D eigenvalue weighted by molar-refractivity contribution is 0.986. The normalized spacial score (nSPS) is 11.9. The van der Waals surface area contributed by atoms with E-state index in [0.717, 1.165) is 17.5 Å². The van der Waals surface area contributed by atoms with Crippen molar-refractivity contribution in [2.45, 2.75) is 45.2 Å². The highest BCUT2D eigenvalue weighted by Gasteiger charge is 2.19. The van der Waals surface area contributed by atoms with Crippen molar-refractivity contribution in [1.82, 2.24) is 4.98 Å². The Kier molecular flexibility index (Phi) is 8.97. The quantitative estimate of drug-likeness (QED) is 0.175. The molecular weight excluding hydrogens is 462 g/mol. The third-order valence-electron chi connectivity index (χ3n) is 5.99. The molecule has 0 aliphatic heterocycles. The van der Waals surface area contributed by atoms with Gasteiger partial charge in [0.05, 0.1) is 17.6 Å². The third kappa shape index (κ3) is 6.72. The minimum atomic E-state index is -0.711. The summed E-state index contributed by atoms with van der Waals surface area (Å²) in [6.07, 6.45) is 3.00. The van der Waals surface area contributed by atoms with Crippen LogP contribution in [0.15, 0.2) is 108 Å². The van der Waals surface area contributed by atoms with Crippen LogP contribution in [0.4, 0.5) is 5.69 Å². The van der Waals surface area contributed by atoms with Crippen LogP contribution in [0.2, 0.25) is 0 Å². The molecule has 0 saturated carbocycles. The van der Waals surface area contributed by atoms with Gasteiger partial charge >= 0.3 is 0 Å². The van der Waals surface area contributed by atoms with Gasteiger partial charge < -0.3 is 0 Å². The van der Waals surface area contributed by atoms with Crippen molar-refractivity contribution in [1.29, 1.82) is 0 Å². The van der Waals surface area contributed by atoms with Gasteiger partial charge in [0.15, 0.2) is 0 Å². The molecule has 3 aromatic carbocycles. The average Bonchev–Trinajstić information content (AvgIpc) is 2.88. The molecule has 0 atom stereocenters. The van der Waals surface area contributed by atoms with Gasteiger partial charge in [-0.3, -0.25) is 9.98 Å². The molecule has 0 bridgehead atoms. The van der Waals surface area contributed by atoms with E-state index in [1.807, 2.05) is 6.21 Å². The average molecular weight is 497 g/mol. The Balaban J connectivity index is 1.66. The molecule has 0 fully saturated rings. The van der Waals surface area contributed by atoms with Crippen molar-refractivity contribution in [3.05, 3.63) is 115 Å². The molecule has 2 nitrogen and oxygen atoms in total. The Morgan fingerprint density at radius 2 is 1.26 bits per heavy atom. The molecular formula is C31H34N2P2. The van der Waals surface area contributed by atoms with E-state index in [0.29, 0.717) is 11.3 Å². The molecule has 0 amide bonds. The highest BCUT2D eigenvalue weighted by Crippen LogP contribution is 2.48. The molecule has 0 spiro atoms. The summed E-state index contributed by atoms with van der Waals surface area (Å²) in [6.45, 7) is 9.36. The maximum Gasteiger partial charge on any atom is 0.0816 e. The maximum atomic E-state index is 4.97. The summed E-state index contributed by atoms with van der Waals surface area (Å²) < 4.78 is 0. The zero-order valence-corrected chi connectivity index (χ0v) is 22.8. The molecule has 0 saturated heterocycles. The monoisotopic (exact) mass is 496 g/mol. The molecule has 1 heterocycles. The van der Waals surface area contributed by atoms with Crippen LogP contribution in [0, 0.1) is 0 Å². The summed E-state index contributed by atoms with van der Waals surface area (Å²) in [6, 6.07) is 36.4.